The number of carbonyl (C=O) groups is 1. The van der Waals surface area contributed by atoms with Crippen LogP contribution in [0.25, 0.3) is 17.0 Å². The van der Waals surface area contributed by atoms with Crippen LogP contribution < -0.4 is 4.74 Å². The van der Waals surface area contributed by atoms with Crippen LogP contribution in [-0.2, 0) is 6.61 Å². The average Bonchev–Trinajstić information content (AvgIpc) is 3.21. The van der Waals surface area contributed by atoms with Gasteiger partial charge in [-0.3, -0.25) is 4.79 Å². The number of para-hydroxylation sites is 1. The van der Waals surface area contributed by atoms with Gasteiger partial charge in [-0.15, -0.1) is 0 Å². The number of fused-ring (bicyclic) bond motifs is 1. The fraction of sp³-hybridized carbons (Fsp3) is 0.0400. The number of Topliss-reactive ketones (excluding diaryl/α,β-unsaturated/α-hetero) is 1. The van der Waals surface area contributed by atoms with E-state index in [0.717, 1.165) is 27.8 Å². The number of hydrogen-bond acceptors (Lipinski definition) is 3. The molecule has 0 aliphatic rings. The molecule has 4 aromatic rings. The zero-order chi connectivity index (χ0) is 20.1. The molecular weight excluding hydrogens is 360 g/mol. The maximum absolute atomic E-state index is 12.8. The number of carbonyl (C=O) groups excluding carboxylic acids is 1. The Morgan fingerprint density at radius 2 is 1.69 bits per heavy atom. The predicted molar refractivity (Wildman–Crippen MR) is 113 cm³/mol. The number of benzene rings is 3. The van der Waals surface area contributed by atoms with Gasteiger partial charge in [-0.1, -0.05) is 60.7 Å². The summed E-state index contributed by atoms with van der Waals surface area (Å²) in [5.74, 6) is 0.432. The zero-order valence-electron chi connectivity index (χ0n) is 15.6. The van der Waals surface area contributed by atoms with E-state index in [0.29, 0.717) is 12.2 Å². The first-order valence-electron chi connectivity index (χ1n) is 9.24. The van der Waals surface area contributed by atoms with Gasteiger partial charge in [0.1, 0.15) is 24.0 Å². The minimum absolute atomic E-state index is 0.0905. The van der Waals surface area contributed by atoms with Gasteiger partial charge in [0, 0.05) is 22.7 Å². The molecule has 1 aromatic heterocycles. The van der Waals surface area contributed by atoms with Crippen LogP contribution in [0.2, 0.25) is 0 Å². The van der Waals surface area contributed by atoms with Gasteiger partial charge in [-0.05, 0) is 35.4 Å². The third-order valence-corrected chi connectivity index (χ3v) is 4.64. The van der Waals surface area contributed by atoms with Crippen molar-refractivity contribution in [2.75, 3.05) is 0 Å². The van der Waals surface area contributed by atoms with Crippen LogP contribution in [0.4, 0.5) is 0 Å². The lowest BCUT2D eigenvalue weighted by atomic mass is 10.0. The van der Waals surface area contributed by atoms with E-state index in [9.17, 15) is 10.1 Å². The summed E-state index contributed by atoms with van der Waals surface area (Å²) in [6.07, 6.45) is 3.25. The molecule has 0 aliphatic carbocycles. The number of ether oxygens (including phenoxy) is 1. The van der Waals surface area contributed by atoms with E-state index in [1.807, 2.05) is 84.9 Å². The number of allylic oxidation sites excluding steroid dienone is 1. The number of H-pyrrole nitrogens is 1. The minimum atomic E-state index is -0.297. The summed E-state index contributed by atoms with van der Waals surface area (Å²) >= 11 is 0. The van der Waals surface area contributed by atoms with E-state index in [-0.39, 0.29) is 11.4 Å². The van der Waals surface area contributed by atoms with E-state index < -0.39 is 0 Å². The second-order valence-corrected chi connectivity index (χ2v) is 6.59. The van der Waals surface area contributed by atoms with Crippen molar-refractivity contribution in [1.29, 1.82) is 5.26 Å². The van der Waals surface area contributed by atoms with Crippen molar-refractivity contribution >= 4 is 22.8 Å². The van der Waals surface area contributed by atoms with Crippen molar-refractivity contribution in [3.8, 4) is 11.8 Å². The van der Waals surface area contributed by atoms with Crippen LogP contribution in [0.3, 0.4) is 0 Å². The van der Waals surface area contributed by atoms with Gasteiger partial charge >= 0.3 is 0 Å². The number of rotatable bonds is 6. The Labute approximate surface area is 168 Å². The molecule has 29 heavy (non-hydrogen) atoms. The molecule has 0 spiro atoms. The Morgan fingerprint density at radius 3 is 2.45 bits per heavy atom. The highest BCUT2D eigenvalue weighted by Crippen LogP contribution is 2.22. The number of aromatic amines is 1. The topological polar surface area (TPSA) is 65.9 Å². The van der Waals surface area contributed by atoms with E-state index in [2.05, 4.69) is 4.98 Å². The number of hydrogen-bond donors (Lipinski definition) is 1. The Balaban J connectivity index is 1.51. The van der Waals surface area contributed by atoms with Crippen LogP contribution >= 0.6 is 0 Å². The van der Waals surface area contributed by atoms with Crippen LogP contribution in [0.1, 0.15) is 21.5 Å². The maximum Gasteiger partial charge on any atom is 0.205 e. The quantitative estimate of drug-likeness (QED) is 0.272. The first kappa shape index (κ1) is 18.3. The molecule has 4 heteroatoms. The molecule has 0 saturated carbocycles. The van der Waals surface area contributed by atoms with Crippen molar-refractivity contribution in [2.45, 2.75) is 6.61 Å². The lowest BCUT2D eigenvalue weighted by molar-refractivity contribution is 0.104. The van der Waals surface area contributed by atoms with Crippen LogP contribution in [-0.4, -0.2) is 10.8 Å². The van der Waals surface area contributed by atoms with Crippen LogP contribution in [0.5, 0.6) is 5.75 Å². The second kappa shape index (κ2) is 8.28. The zero-order valence-corrected chi connectivity index (χ0v) is 15.6. The fourth-order valence-electron chi connectivity index (χ4n) is 3.12. The molecule has 0 bridgehead atoms. The SMILES string of the molecule is N#C/C(=C\c1ccc(OCc2ccccc2)cc1)C(=O)c1c[nH]c2ccccc12. The summed E-state index contributed by atoms with van der Waals surface area (Å²) < 4.78 is 5.78. The Bertz CT molecular complexity index is 1210. The van der Waals surface area contributed by atoms with Gasteiger partial charge < -0.3 is 9.72 Å². The van der Waals surface area contributed by atoms with Gasteiger partial charge in [0.2, 0.25) is 5.78 Å². The first-order valence-corrected chi connectivity index (χ1v) is 9.24. The average molecular weight is 378 g/mol. The van der Waals surface area contributed by atoms with Crippen LogP contribution in [0, 0.1) is 11.3 Å². The molecule has 0 fully saturated rings. The highest BCUT2D eigenvalue weighted by atomic mass is 16.5. The maximum atomic E-state index is 12.8. The van der Waals surface area contributed by atoms with Gasteiger partial charge in [0.15, 0.2) is 0 Å². The number of ketones is 1. The third kappa shape index (κ3) is 4.10. The highest BCUT2D eigenvalue weighted by molar-refractivity contribution is 6.19. The van der Waals surface area contributed by atoms with Crippen LogP contribution in [0.15, 0.2) is 90.6 Å². The summed E-state index contributed by atoms with van der Waals surface area (Å²) in [5, 5.41) is 10.3. The summed E-state index contributed by atoms with van der Waals surface area (Å²) in [7, 11) is 0. The summed E-state index contributed by atoms with van der Waals surface area (Å²) in [6.45, 7) is 0.485. The van der Waals surface area contributed by atoms with Gasteiger partial charge in [0.05, 0.1) is 0 Å². The molecule has 140 valence electrons. The molecule has 0 unspecified atom stereocenters. The number of aromatic nitrogens is 1. The largest absolute Gasteiger partial charge is 0.489 e. The van der Waals surface area contributed by atoms with Crippen molar-refractivity contribution in [2.24, 2.45) is 0 Å². The Hall–Kier alpha value is -4.10. The normalized spacial score (nSPS) is 11.2. The smallest absolute Gasteiger partial charge is 0.205 e. The number of nitrogens with zero attached hydrogens (tertiary/aromatic N) is 1. The highest BCUT2D eigenvalue weighted by Gasteiger charge is 2.16. The monoisotopic (exact) mass is 378 g/mol. The summed E-state index contributed by atoms with van der Waals surface area (Å²) in [4.78, 5) is 15.9. The molecule has 0 saturated heterocycles. The molecule has 0 aliphatic heterocycles. The van der Waals surface area contributed by atoms with E-state index in [4.69, 9.17) is 4.74 Å². The third-order valence-electron chi connectivity index (χ3n) is 4.64. The fourth-order valence-corrected chi connectivity index (χ4v) is 3.12. The summed E-state index contributed by atoms with van der Waals surface area (Å²) in [6, 6.07) is 26.8. The molecule has 0 radical (unpaired) electrons. The molecule has 3 aromatic carbocycles. The molecule has 0 atom stereocenters. The van der Waals surface area contributed by atoms with Crippen molar-refractivity contribution < 1.29 is 9.53 Å². The molecule has 4 nitrogen and oxygen atoms in total. The lowest BCUT2D eigenvalue weighted by Gasteiger charge is -2.06. The van der Waals surface area contributed by atoms with Crippen molar-refractivity contribution in [3.05, 3.63) is 107 Å². The van der Waals surface area contributed by atoms with E-state index >= 15 is 0 Å². The molecule has 1 N–H and O–H groups in total. The van der Waals surface area contributed by atoms with Gasteiger partial charge in [-0.2, -0.15) is 5.26 Å². The van der Waals surface area contributed by atoms with Crippen molar-refractivity contribution in [3.63, 3.8) is 0 Å². The predicted octanol–water partition coefficient (Wildman–Crippen LogP) is 5.54. The Morgan fingerprint density at radius 1 is 0.966 bits per heavy atom. The lowest BCUT2D eigenvalue weighted by Crippen LogP contribution is -2.01. The van der Waals surface area contributed by atoms with E-state index in [1.165, 1.54) is 0 Å². The second-order valence-electron chi connectivity index (χ2n) is 6.59. The summed E-state index contributed by atoms with van der Waals surface area (Å²) in [5.41, 5.74) is 3.31. The Kier molecular flexibility index (Phi) is 5.22. The van der Waals surface area contributed by atoms with Crippen molar-refractivity contribution in [1.82, 2.24) is 4.98 Å². The van der Waals surface area contributed by atoms with Gasteiger partial charge in [-0.25, -0.2) is 0 Å². The van der Waals surface area contributed by atoms with Gasteiger partial charge in [0.25, 0.3) is 0 Å². The minimum Gasteiger partial charge on any atom is -0.489 e. The number of nitriles is 1. The standard InChI is InChI=1S/C25H18N2O2/c26-15-20(25(28)23-16-27-24-9-5-4-8-22(23)24)14-18-10-12-21(13-11-18)29-17-19-6-2-1-3-7-19/h1-14,16,27H,17H2/b20-14+. The molecular formula is C25H18N2O2. The number of nitrogens with one attached hydrogen (secondary N) is 1. The molecule has 0 amide bonds. The first-order chi connectivity index (χ1) is 14.2. The molecule has 1 heterocycles. The molecule has 4 rings (SSSR count). The van der Waals surface area contributed by atoms with E-state index in [1.54, 1.807) is 12.3 Å².